The highest BCUT2D eigenvalue weighted by Crippen LogP contribution is 2.35. The van der Waals surface area contributed by atoms with Crippen molar-refractivity contribution < 1.29 is 27.5 Å². The number of hydrogen-bond donors (Lipinski definition) is 1. The maximum Gasteiger partial charge on any atom is 0.404 e. The normalized spacial score (nSPS) is 19.9. The van der Waals surface area contributed by atoms with Crippen molar-refractivity contribution in [1.29, 1.82) is 0 Å². The van der Waals surface area contributed by atoms with Crippen LogP contribution in [0.4, 0.5) is 18.0 Å². The van der Waals surface area contributed by atoms with Gasteiger partial charge in [-0.15, -0.1) is 0 Å². The monoisotopic (exact) mass is 508 g/mol. The standard InChI is InChI=1S/C12H20N2O3.C10H11F3.C4H4N2/c13-12(16)17-7-9-1-3-10(4-2-9)14(8-15)11-5-6-11;1-7-3-5-9(6-4-7)8(2)10(11,12)13;1-2-5-4-6-3-1/h8-11H,1-7H2,(H2,13,16);3-6,8H,1-2H3;1-4H. The first-order chi connectivity index (χ1) is 17.1. The van der Waals surface area contributed by atoms with Crippen molar-refractivity contribution in [3.05, 3.63) is 60.2 Å². The summed E-state index contributed by atoms with van der Waals surface area (Å²) in [4.78, 5) is 30.9. The second-order valence-electron chi connectivity index (χ2n) is 9.17. The number of hydrogen-bond acceptors (Lipinski definition) is 5. The summed E-state index contributed by atoms with van der Waals surface area (Å²) in [5.41, 5.74) is 6.23. The first kappa shape index (κ1) is 29.1. The minimum absolute atomic E-state index is 0.318. The number of halogens is 3. The second-order valence-corrected chi connectivity index (χ2v) is 9.17. The molecule has 10 heteroatoms. The molecule has 2 saturated carbocycles. The fraction of sp³-hybridized carbons (Fsp3) is 0.538. The van der Waals surface area contributed by atoms with Crippen LogP contribution in [-0.2, 0) is 9.53 Å². The minimum Gasteiger partial charge on any atom is -0.449 e. The van der Waals surface area contributed by atoms with Gasteiger partial charge in [-0.1, -0.05) is 29.8 Å². The van der Waals surface area contributed by atoms with Crippen LogP contribution in [0.2, 0.25) is 0 Å². The quantitative estimate of drug-likeness (QED) is 0.527. The average molecular weight is 509 g/mol. The molecule has 0 bridgehead atoms. The molecule has 2 aliphatic rings. The molecule has 0 saturated heterocycles. The van der Waals surface area contributed by atoms with E-state index in [4.69, 9.17) is 10.5 Å². The maximum atomic E-state index is 12.2. The molecule has 7 nitrogen and oxygen atoms in total. The third-order valence-corrected chi connectivity index (χ3v) is 6.34. The van der Waals surface area contributed by atoms with Crippen molar-refractivity contribution in [2.75, 3.05) is 6.61 Å². The summed E-state index contributed by atoms with van der Waals surface area (Å²) in [7, 11) is 0. The number of carbonyl (C=O) groups excluding carboxylic acids is 2. The van der Waals surface area contributed by atoms with Crippen LogP contribution in [0, 0.1) is 12.8 Å². The molecule has 0 radical (unpaired) electrons. The predicted octanol–water partition coefficient (Wildman–Crippen LogP) is 5.40. The van der Waals surface area contributed by atoms with E-state index in [1.54, 1.807) is 30.6 Å². The van der Waals surface area contributed by atoms with E-state index in [1.165, 1.54) is 25.4 Å². The van der Waals surface area contributed by atoms with Crippen molar-refractivity contribution in [3.63, 3.8) is 0 Å². The van der Waals surface area contributed by atoms with Gasteiger partial charge in [0.05, 0.1) is 12.5 Å². The molecule has 36 heavy (non-hydrogen) atoms. The van der Waals surface area contributed by atoms with E-state index >= 15 is 0 Å². The molecule has 2 aliphatic carbocycles. The number of rotatable bonds is 6. The highest BCUT2D eigenvalue weighted by atomic mass is 19.4. The molecule has 4 rings (SSSR count). The Morgan fingerprint density at radius 2 is 1.61 bits per heavy atom. The second kappa shape index (κ2) is 14.4. The lowest BCUT2D eigenvalue weighted by Gasteiger charge is -2.34. The molecular weight excluding hydrogens is 473 g/mol. The molecule has 1 aromatic heterocycles. The van der Waals surface area contributed by atoms with Crippen LogP contribution in [0.1, 0.15) is 62.5 Å². The number of nitrogens with two attached hydrogens (primary N) is 1. The van der Waals surface area contributed by atoms with Crippen LogP contribution in [0.15, 0.2) is 49.1 Å². The van der Waals surface area contributed by atoms with Crippen molar-refractivity contribution >= 4 is 12.5 Å². The topological polar surface area (TPSA) is 98.4 Å². The van der Waals surface area contributed by atoms with Gasteiger partial charge < -0.3 is 15.4 Å². The molecule has 2 amide bonds. The van der Waals surface area contributed by atoms with Gasteiger partial charge in [0, 0.05) is 24.5 Å². The zero-order chi connectivity index (χ0) is 26.6. The Balaban J connectivity index is 0.000000211. The van der Waals surface area contributed by atoms with Gasteiger partial charge in [-0.25, -0.2) is 14.8 Å². The number of nitrogens with zero attached hydrogens (tertiary/aromatic N) is 3. The van der Waals surface area contributed by atoms with Crippen LogP contribution in [0.25, 0.3) is 0 Å². The largest absolute Gasteiger partial charge is 0.449 e. The van der Waals surface area contributed by atoms with Crippen molar-refractivity contribution in [2.24, 2.45) is 11.7 Å². The Morgan fingerprint density at radius 3 is 1.97 bits per heavy atom. The summed E-state index contributed by atoms with van der Waals surface area (Å²) in [6.45, 7) is 3.44. The van der Waals surface area contributed by atoms with Gasteiger partial charge in [-0.2, -0.15) is 13.2 Å². The van der Waals surface area contributed by atoms with Crippen molar-refractivity contribution in [3.8, 4) is 0 Å². The highest BCUT2D eigenvalue weighted by molar-refractivity contribution is 5.64. The Bertz CT molecular complexity index is 874. The molecule has 0 aliphatic heterocycles. The summed E-state index contributed by atoms with van der Waals surface area (Å²) in [5, 5.41) is 0. The van der Waals surface area contributed by atoms with Gasteiger partial charge >= 0.3 is 12.3 Å². The zero-order valence-corrected chi connectivity index (χ0v) is 20.7. The molecule has 1 atom stereocenters. The lowest BCUT2D eigenvalue weighted by molar-refractivity contribution is -0.146. The average Bonchev–Trinajstić information content (AvgIpc) is 3.71. The van der Waals surface area contributed by atoms with Gasteiger partial charge in [-0.3, -0.25) is 4.79 Å². The predicted molar refractivity (Wildman–Crippen MR) is 130 cm³/mol. The SMILES string of the molecule is Cc1ccc(C(C)C(F)(F)F)cc1.NC(=O)OCC1CCC(N(C=O)C2CC2)CC1.c1cncnc1. The van der Waals surface area contributed by atoms with Gasteiger partial charge in [-0.05, 0) is 69.9 Å². The highest BCUT2D eigenvalue weighted by Gasteiger charge is 2.37. The first-order valence-corrected chi connectivity index (χ1v) is 12.1. The van der Waals surface area contributed by atoms with E-state index in [1.807, 2.05) is 11.8 Å². The summed E-state index contributed by atoms with van der Waals surface area (Å²) >= 11 is 0. The van der Waals surface area contributed by atoms with Crippen molar-refractivity contribution in [1.82, 2.24) is 14.9 Å². The fourth-order valence-electron chi connectivity index (χ4n) is 3.95. The van der Waals surface area contributed by atoms with E-state index in [0.717, 1.165) is 50.5 Å². The molecule has 198 valence electrons. The van der Waals surface area contributed by atoms with Crippen molar-refractivity contribution in [2.45, 2.75) is 76.6 Å². The van der Waals surface area contributed by atoms with Crippen LogP contribution in [-0.4, -0.2) is 52.2 Å². The Hall–Kier alpha value is -3.17. The van der Waals surface area contributed by atoms with Crippen LogP contribution >= 0.6 is 0 Å². The molecule has 1 heterocycles. The summed E-state index contributed by atoms with van der Waals surface area (Å²) in [6, 6.07) is 9.09. The third kappa shape index (κ3) is 10.6. The number of alkyl halides is 3. The summed E-state index contributed by atoms with van der Waals surface area (Å²) in [6.07, 6.45) is 7.40. The van der Waals surface area contributed by atoms with E-state index in [0.29, 0.717) is 30.2 Å². The van der Waals surface area contributed by atoms with Crippen LogP contribution in [0.5, 0.6) is 0 Å². The molecule has 0 spiro atoms. The first-order valence-electron chi connectivity index (χ1n) is 12.1. The molecule has 2 aromatic rings. The molecule has 2 N–H and O–H groups in total. The Kier molecular flexibility index (Phi) is 11.6. The van der Waals surface area contributed by atoms with Gasteiger partial charge in [0.1, 0.15) is 6.33 Å². The van der Waals surface area contributed by atoms with E-state index < -0.39 is 18.2 Å². The number of primary amides is 1. The van der Waals surface area contributed by atoms with E-state index in [2.05, 4.69) is 9.97 Å². The third-order valence-electron chi connectivity index (χ3n) is 6.34. The number of aryl methyl sites for hydroxylation is 1. The van der Waals surface area contributed by atoms with E-state index in [9.17, 15) is 22.8 Å². The number of carbonyl (C=O) groups is 2. The Morgan fingerprint density at radius 1 is 1.08 bits per heavy atom. The smallest absolute Gasteiger partial charge is 0.404 e. The lowest BCUT2D eigenvalue weighted by atomic mass is 9.86. The van der Waals surface area contributed by atoms with E-state index in [-0.39, 0.29) is 0 Å². The molecule has 2 fully saturated rings. The van der Waals surface area contributed by atoms with Crippen LogP contribution in [0.3, 0.4) is 0 Å². The maximum absolute atomic E-state index is 12.2. The fourth-order valence-corrected chi connectivity index (χ4v) is 3.95. The number of aromatic nitrogens is 2. The minimum atomic E-state index is -4.14. The molecular formula is C26H35F3N4O3. The molecule has 1 aromatic carbocycles. The lowest BCUT2D eigenvalue weighted by Crippen LogP contribution is -2.39. The number of benzene rings is 1. The number of ether oxygens (including phenoxy) is 1. The van der Waals surface area contributed by atoms with Gasteiger partial charge in [0.25, 0.3) is 0 Å². The summed E-state index contributed by atoms with van der Waals surface area (Å²) < 4.78 is 41.5. The number of amides is 2. The van der Waals surface area contributed by atoms with Gasteiger partial charge in [0.15, 0.2) is 0 Å². The Labute approximate surface area is 210 Å². The van der Waals surface area contributed by atoms with Crippen LogP contribution < -0.4 is 5.73 Å². The molecule has 1 unspecified atom stereocenters. The summed E-state index contributed by atoms with van der Waals surface area (Å²) in [5.74, 6) is -0.973. The zero-order valence-electron chi connectivity index (χ0n) is 20.7. The van der Waals surface area contributed by atoms with Gasteiger partial charge in [0.2, 0.25) is 6.41 Å².